The molecule has 128 valence electrons. The number of hydrogen-bond donors (Lipinski definition) is 0. The predicted octanol–water partition coefficient (Wildman–Crippen LogP) is 4.06. The van der Waals surface area contributed by atoms with Gasteiger partial charge in [-0.2, -0.15) is 0 Å². The van der Waals surface area contributed by atoms with Crippen LogP contribution in [0.2, 0.25) is 0 Å². The summed E-state index contributed by atoms with van der Waals surface area (Å²) < 4.78 is 6.84. The topological polar surface area (TPSA) is 32.8 Å². The number of ether oxygens (including phenoxy) is 1. The molecule has 1 aliphatic rings. The van der Waals surface area contributed by atoms with Crippen LogP contribution in [-0.4, -0.2) is 34.9 Å². The molecule has 6 heteroatoms. The molecule has 1 saturated heterocycles. The number of rotatable bonds is 4. The van der Waals surface area contributed by atoms with Crippen molar-refractivity contribution >= 4 is 45.2 Å². The fourth-order valence-corrected chi connectivity index (χ4v) is 2.90. The summed E-state index contributed by atoms with van der Waals surface area (Å²) in [6.07, 6.45) is 1.83. The summed E-state index contributed by atoms with van der Waals surface area (Å²) in [5, 5.41) is 0.505. The second-order valence-corrected chi connectivity index (χ2v) is 7.00. The predicted molar refractivity (Wildman–Crippen MR) is 106 cm³/mol. The minimum Gasteiger partial charge on any atom is -0.489 e. The maximum Gasteiger partial charge on any atom is 0.276 e. The average molecular weight is 417 g/mol. The summed E-state index contributed by atoms with van der Waals surface area (Å²) >= 11 is 8.63. The summed E-state index contributed by atoms with van der Waals surface area (Å²) in [4.78, 5) is 15.4. The highest BCUT2D eigenvalue weighted by Gasteiger charge is 2.32. The Morgan fingerprint density at radius 2 is 1.68 bits per heavy atom. The SMILES string of the molecule is CN1C(=O)/C(=C/c2ccc(OCc3ccc(Br)cc3)cc2)N(C)C1=S. The van der Waals surface area contributed by atoms with Gasteiger partial charge in [0.25, 0.3) is 5.91 Å². The zero-order valence-electron chi connectivity index (χ0n) is 13.9. The molecule has 1 heterocycles. The Bertz CT molecular complexity index is 832. The van der Waals surface area contributed by atoms with E-state index in [4.69, 9.17) is 17.0 Å². The highest BCUT2D eigenvalue weighted by atomic mass is 79.9. The Morgan fingerprint density at radius 3 is 2.24 bits per heavy atom. The van der Waals surface area contributed by atoms with Gasteiger partial charge in [-0.3, -0.25) is 9.69 Å². The van der Waals surface area contributed by atoms with E-state index in [0.29, 0.717) is 17.4 Å². The summed E-state index contributed by atoms with van der Waals surface area (Å²) in [5.74, 6) is 0.687. The fraction of sp³-hybridized carbons (Fsp3) is 0.158. The van der Waals surface area contributed by atoms with Crippen molar-refractivity contribution in [2.45, 2.75) is 6.61 Å². The van der Waals surface area contributed by atoms with Crippen LogP contribution in [0, 0.1) is 0 Å². The van der Waals surface area contributed by atoms with Crippen molar-refractivity contribution in [2.75, 3.05) is 14.1 Å². The van der Waals surface area contributed by atoms with Crippen LogP contribution >= 0.6 is 28.1 Å². The number of thiocarbonyl (C=S) groups is 1. The van der Waals surface area contributed by atoms with Crippen molar-refractivity contribution in [1.29, 1.82) is 0 Å². The van der Waals surface area contributed by atoms with E-state index >= 15 is 0 Å². The molecule has 0 aromatic heterocycles. The molecule has 2 aromatic rings. The number of carbonyl (C=O) groups excluding carboxylic acids is 1. The fourth-order valence-electron chi connectivity index (χ4n) is 2.45. The summed E-state index contributed by atoms with van der Waals surface area (Å²) in [7, 11) is 3.48. The van der Waals surface area contributed by atoms with Crippen LogP contribution in [0.3, 0.4) is 0 Å². The molecule has 1 aliphatic heterocycles. The standard InChI is InChI=1S/C19H17BrN2O2S/c1-21-17(18(23)22(2)19(21)25)11-13-5-9-16(10-6-13)24-12-14-3-7-15(20)8-4-14/h3-11H,12H2,1-2H3/b17-11-. The van der Waals surface area contributed by atoms with Crippen LogP contribution in [-0.2, 0) is 11.4 Å². The lowest BCUT2D eigenvalue weighted by Gasteiger charge is -2.11. The van der Waals surface area contributed by atoms with Gasteiger partial charge in [-0.25, -0.2) is 0 Å². The number of nitrogens with zero attached hydrogens (tertiary/aromatic N) is 2. The smallest absolute Gasteiger partial charge is 0.276 e. The lowest BCUT2D eigenvalue weighted by molar-refractivity contribution is -0.121. The number of amides is 1. The largest absolute Gasteiger partial charge is 0.489 e. The molecule has 2 aromatic carbocycles. The van der Waals surface area contributed by atoms with E-state index in [2.05, 4.69) is 15.9 Å². The number of halogens is 1. The quantitative estimate of drug-likeness (QED) is 0.555. The van der Waals surface area contributed by atoms with Crippen molar-refractivity contribution in [3.05, 3.63) is 69.8 Å². The van der Waals surface area contributed by atoms with Gasteiger partial charge in [0.05, 0.1) is 0 Å². The molecular formula is C19H17BrN2O2S. The first kappa shape index (κ1) is 17.6. The van der Waals surface area contributed by atoms with Gasteiger partial charge in [0.2, 0.25) is 0 Å². The van der Waals surface area contributed by atoms with Gasteiger partial charge in [-0.1, -0.05) is 40.2 Å². The summed E-state index contributed by atoms with van der Waals surface area (Å²) in [6.45, 7) is 0.508. The second kappa shape index (κ2) is 7.37. The molecule has 0 saturated carbocycles. The van der Waals surface area contributed by atoms with Crippen LogP contribution in [0.4, 0.5) is 0 Å². The van der Waals surface area contributed by atoms with E-state index in [1.165, 1.54) is 4.90 Å². The normalized spacial score (nSPS) is 16.0. The third kappa shape index (κ3) is 3.91. The van der Waals surface area contributed by atoms with E-state index < -0.39 is 0 Å². The van der Waals surface area contributed by atoms with Crippen molar-refractivity contribution in [1.82, 2.24) is 9.80 Å². The average Bonchev–Trinajstić information content (AvgIpc) is 2.80. The highest BCUT2D eigenvalue weighted by Crippen LogP contribution is 2.22. The van der Waals surface area contributed by atoms with Crippen LogP contribution in [0.15, 0.2) is 58.7 Å². The van der Waals surface area contributed by atoms with Gasteiger partial charge >= 0.3 is 0 Å². The molecule has 0 radical (unpaired) electrons. The molecular weight excluding hydrogens is 400 g/mol. The van der Waals surface area contributed by atoms with E-state index in [-0.39, 0.29) is 5.91 Å². The molecule has 0 atom stereocenters. The van der Waals surface area contributed by atoms with Gasteiger partial charge in [0, 0.05) is 18.6 Å². The molecule has 3 rings (SSSR count). The number of benzene rings is 2. The molecule has 4 nitrogen and oxygen atoms in total. The van der Waals surface area contributed by atoms with Gasteiger partial charge in [0.15, 0.2) is 5.11 Å². The Balaban J connectivity index is 1.68. The lowest BCUT2D eigenvalue weighted by Crippen LogP contribution is -2.26. The van der Waals surface area contributed by atoms with E-state index in [1.54, 1.807) is 19.0 Å². The molecule has 0 spiro atoms. The van der Waals surface area contributed by atoms with Crippen molar-refractivity contribution in [2.24, 2.45) is 0 Å². The molecule has 1 amide bonds. The van der Waals surface area contributed by atoms with Gasteiger partial charge < -0.3 is 9.64 Å². The van der Waals surface area contributed by atoms with Crippen LogP contribution < -0.4 is 4.74 Å². The van der Waals surface area contributed by atoms with Crippen LogP contribution in [0.1, 0.15) is 11.1 Å². The van der Waals surface area contributed by atoms with E-state index in [9.17, 15) is 4.79 Å². The maximum atomic E-state index is 12.2. The highest BCUT2D eigenvalue weighted by molar-refractivity contribution is 9.10. The van der Waals surface area contributed by atoms with E-state index in [0.717, 1.165) is 21.3 Å². The third-order valence-electron chi connectivity index (χ3n) is 3.96. The zero-order chi connectivity index (χ0) is 18.0. The van der Waals surface area contributed by atoms with Gasteiger partial charge in [0.1, 0.15) is 18.1 Å². The minimum absolute atomic E-state index is 0.0944. The first-order valence-electron chi connectivity index (χ1n) is 7.70. The van der Waals surface area contributed by atoms with Gasteiger partial charge in [-0.15, -0.1) is 0 Å². The molecule has 25 heavy (non-hydrogen) atoms. The Hall–Kier alpha value is -2.18. The Morgan fingerprint density at radius 1 is 1.04 bits per heavy atom. The number of carbonyl (C=O) groups is 1. The number of likely N-dealkylation sites (N-methyl/N-ethyl adjacent to an activating group) is 2. The number of hydrogen-bond acceptors (Lipinski definition) is 3. The molecule has 0 aliphatic carbocycles. The zero-order valence-corrected chi connectivity index (χ0v) is 16.3. The Kier molecular flexibility index (Phi) is 5.20. The first-order valence-corrected chi connectivity index (χ1v) is 8.90. The van der Waals surface area contributed by atoms with E-state index in [1.807, 2.05) is 54.6 Å². The first-order chi connectivity index (χ1) is 12.0. The molecule has 0 bridgehead atoms. The van der Waals surface area contributed by atoms with Crippen LogP contribution in [0.5, 0.6) is 5.75 Å². The van der Waals surface area contributed by atoms with Crippen LogP contribution in [0.25, 0.3) is 6.08 Å². The molecule has 0 N–H and O–H groups in total. The monoisotopic (exact) mass is 416 g/mol. The summed E-state index contributed by atoms with van der Waals surface area (Å²) in [6, 6.07) is 15.7. The Labute approximate surface area is 160 Å². The van der Waals surface area contributed by atoms with Crippen molar-refractivity contribution < 1.29 is 9.53 Å². The van der Waals surface area contributed by atoms with Crippen molar-refractivity contribution in [3.63, 3.8) is 0 Å². The summed E-state index contributed by atoms with van der Waals surface area (Å²) in [5.41, 5.74) is 2.59. The second-order valence-electron chi connectivity index (χ2n) is 5.72. The van der Waals surface area contributed by atoms with Gasteiger partial charge in [-0.05, 0) is 53.7 Å². The van der Waals surface area contributed by atoms with Crippen molar-refractivity contribution in [3.8, 4) is 5.75 Å². The third-order valence-corrected chi connectivity index (χ3v) is 5.04. The minimum atomic E-state index is -0.0944. The molecule has 0 unspecified atom stereocenters. The molecule has 1 fully saturated rings. The lowest BCUT2D eigenvalue weighted by atomic mass is 10.1. The maximum absolute atomic E-state index is 12.2.